The van der Waals surface area contributed by atoms with E-state index >= 15 is 0 Å². The highest BCUT2D eigenvalue weighted by atomic mass is 35.5. The molecule has 5 nitrogen and oxygen atoms in total. The molecule has 22 heavy (non-hydrogen) atoms. The molecule has 116 valence electrons. The maximum Gasteiger partial charge on any atom is 0.275 e. The Balaban J connectivity index is 1.67. The molecule has 1 N–H and O–H groups in total. The average Bonchev–Trinajstić information content (AvgIpc) is 2.85. The first-order valence-corrected chi connectivity index (χ1v) is 7.69. The number of amides is 1. The van der Waals surface area contributed by atoms with Crippen molar-refractivity contribution in [3.63, 3.8) is 0 Å². The molecule has 0 radical (unpaired) electrons. The minimum atomic E-state index is -0.111. The molecule has 0 spiro atoms. The van der Waals surface area contributed by atoms with Gasteiger partial charge in [0.2, 0.25) is 0 Å². The normalized spacial score (nSPS) is 16.0. The molecule has 1 aliphatic heterocycles. The number of aromatic hydroxyl groups is 1. The van der Waals surface area contributed by atoms with Crippen LogP contribution in [0.2, 0.25) is 5.02 Å². The fourth-order valence-electron chi connectivity index (χ4n) is 2.95. The molecule has 1 amide bonds. The van der Waals surface area contributed by atoms with E-state index in [0.717, 1.165) is 18.4 Å². The van der Waals surface area contributed by atoms with Crippen LogP contribution in [0.3, 0.4) is 0 Å². The number of benzene rings is 1. The summed E-state index contributed by atoms with van der Waals surface area (Å²) in [7, 11) is 1.75. The standard InChI is InChI=1S/C16H18ClN3O2/c1-19-10-14(17)15(18-19)16(22)20-7-5-11(6-8-20)12-3-2-4-13(21)9-12/h2-4,9-11,21H,5-8H2,1H3. The lowest BCUT2D eigenvalue weighted by Crippen LogP contribution is -2.38. The molecule has 0 saturated carbocycles. The molecular weight excluding hydrogens is 302 g/mol. The fraction of sp³-hybridized carbons (Fsp3) is 0.375. The number of likely N-dealkylation sites (tertiary alicyclic amines) is 1. The highest BCUT2D eigenvalue weighted by Crippen LogP contribution is 2.30. The number of carbonyl (C=O) groups excluding carboxylic acids is 1. The molecule has 1 aliphatic rings. The number of phenolic OH excluding ortho intramolecular Hbond substituents is 1. The van der Waals surface area contributed by atoms with Crippen molar-refractivity contribution >= 4 is 17.5 Å². The fourth-order valence-corrected chi connectivity index (χ4v) is 3.21. The highest BCUT2D eigenvalue weighted by Gasteiger charge is 2.27. The van der Waals surface area contributed by atoms with Gasteiger partial charge in [-0.05, 0) is 36.5 Å². The maximum atomic E-state index is 12.5. The lowest BCUT2D eigenvalue weighted by Gasteiger charge is -2.32. The summed E-state index contributed by atoms with van der Waals surface area (Å²) in [5.74, 6) is 0.548. The van der Waals surface area contributed by atoms with E-state index in [-0.39, 0.29) is 11.7 Å². The predicted molar refractivity (Wildman–Crippen MR) is 84.2 cm³/mol. The lowest BCUT2D eigenvalue weighted by atomic mass is 9.89. The van der Waals surface area contributed by atoms with Gasteiger partial charge in [0.15, 0.2) is 5.69 Å². The van der Waals surface area contributed by atoms with Crippen molar-refractivity contribution in [3.05, 3.63) is 46.7 Å². The van der Waals surface area contributed by atoms with Crippen molar-refractivity contribution in [1.82, 2.24) is 14.7 Å². The Labute approximate surface area is 134 Å². The number of hydrogen-bond donors (Lipinski definition) is 1. The third kappa shape index (κ3) is 2.95. The van der Waals surface area contributed by atoms with Crippen LogP contribution in [0, 0.1) is 0 Å². The third-order valence-corrected chi connectivity index (χ3v) is 4.39. The van der Waals surface area contributed by atoms with Gasteiger partial charge >= 0.3 is 0 Å². The van der Waals surface area contributed by atoms with Gasteiger partial charge < -0.3 is 10.0 Å². The number of aromatic nitrogens is 2. The summed E-state index contributed by atoms with van der Waals surface area (Å²) < 4.78 is 1.55. The molecule has 0 unspecified atom stereocenters. The van der Waals surface area contributed by atoms with Crippen molar-refractivity contribution in [2.24, 2.45) is 7.05 Å². The van der Waals surface area contributed by atoms with Crippen molar-refractivity contribution in [2.75, 3.05) is 13.1 Å². The van der Waals surface area contributed by atoms with Gasteiger partial charge in [-0.25, -0.2) is 0 Å². The van der Waals surface area contributed by atoms with Crippen LogP contribution in [0.5, 0.6) is 5.75 Å². The second-order valence-electron chi connectivity index (χ2n) is 5.66. The van der Waals surface area contributed by atoms with Crippen molar-refractivity contribution in [1.29, 1.82) is 0 Å². The van der Waals surface area contributed by atoms with Crippen LogP contribution in [-0.2, 0) is 7.05 Å². The quantitative estimate of drug-likeness (QED) is 0.926. The summed E-state index contributed by atoms with van der Waals surface area (Å²) in [6.07, 6.45) is 3.38. The van der Waals surface area contributed by atoms with Crippen molar-refractivity contribution in [3.8, 4) is 5.75 Å². The molecule has 0 bridgehead atoms. The van der Waals surface area contributed by atoms with Crippen molar-refractivity contribution in [2.45, 2.75) is 18.8 Å². The van der Waals surface area contributed by atoms with E-state index in [2.05, 4.69) is 5.10 Å². The van der Waals surface area contributed by atoms with E-state index in [4.69, 9.17) is 11.6 Å². The van der Waals surface area contributed by atoms with Crippen LogP contribution in [0.4, 0.5) is 0 Å². The largest absolute Gasteiger partial charge is 0.508 e. The van der Waals surface area contributed by atoms with E-state index in [1.807, 2.05) is 12.1 Å². The number of piperidine rings is 1. The topological polar surface area (TPSA) is 58.4 Å². The Morgan fingerprint density at radius 2 is 2.09 bits per heavy atom. The van der Waals surface area contributed by atoms with Gasteiger partial charge in [-0.15, -0.1) is 0 Å². The zero-order chi connectivity index (χ0) is 15.7. The molecule has 2 aromatic rings. The van der Waals surface area contributed by atoms with Gasteiger partial charge in [0, 0.05) is 26.3 Å². The Kier molecular flexibility index (Phi) is 4.07. The molecule has 3 rings (SSSR count). The van der Waals surface area contributed by atoms with Crippen LogP contribution in [-0.4, -0.2) is 38.8 Å². The summed E-state index contributed by atoms with van der Waals surface area (Å²) >= 11 is 6.04. The predicted octanol–water partition coefficient (Wildman–Crippen LogP) is 2.80. The summed E-state index contributed by atoms with van der Waals surface area (Å²) in [5.41, 5.74) is 1.45. The second-order valence-corrected chi connectivity index (χ2v) is 6.07. The molecular formula is C16H18ClN3O2. The minimum absolute atomic E-state index is 0.111. The molecule has 0 atom stereocenters. The van der Waals surface area contributed by atoms with Gasteiger partial charge in [0.25, 0.3) is 5.91 Å². The first-order valence-electron chi connectivity index (χ1n) is 7.32. The molecule has 2 heterocycles. The first-order chi connectivity index (χ1) is 10.5. The zero-order valence-electron chi connectivity index (χ0n) is 12.4. The Bertz CT molecular complexity index is 690. The molecule has 0 aliphatic carbocycles. The van der Waals surface area contributed by atoms with Crippen LogP contribution in [0.25, 0.3) is 0 Å². The number of hydrogen-bond acceptors (Lipinski definition) is 3. The molecule has 1 aromatic heterocycles. The lowest BCUT2D eigenvalue weighted by molar-refractivity contribution is 0.0706. The number of phenols is 1. The summed E-state index contributed by atoms with van der Waals surface area (Å²) in [5, 5.41) is 14.1. The molecule has 6 heteroatoms. The second kappa shape index (κ2) is 6.01. The van der Waals surface area contributed by atoms with Gasteiger partial charge in [-0.1, -0.05) is 23.7 Å². The summed E-state index contributed by atoms with van der Waals surface area (Å²) in [4.78, 5) is 14.3. The molecule has 1 saturated heterocycles. The number of carbonyl (C=O) groups is 1. The maximum absolute atomic E-state index is 12.5. The third-order valence-electron chi connectivity index (χ3n) is 4.11. The Morgan fingerprint density at radius 1 is 1.36 bits per heavy atom. The van der Waals surface area contributed by atoms with Gasteiger partial charge in [0.05, 0.1) is 5.02 Å². The average molecular weight is 320 g/mol. The number of nitrogens with zero attached hydrogens (tertiary/aromatic N) is 3. The van der Waals surface area contributed by atoms with Gasteiger partial charge in [0.1, 0.15) is 5.75 Å². The van der Waals surface area contributed by atoms with Crippen LogP contribution < -0.4 is 0 Å². The van der Waals surface area contributed by atoms with E-state index in [9.17, 15) is 9.90 Å². The van der Waals surface area contributed by atoms with Crippen molar-refractivity contribution < 1.29 is 9.90 Å². The van der Waals surface area contributed by atoms with Gasteiger partial charge in [-0.3, -0.25) is 9.48 Å². The number of rotatable bonds is 2. The van der Waals surface area contributed by atoms with Gasteiger partial charge in [-0.2, -0.15) is 5.10 Å². The number of aryl methyl sites for hydroxylation is 1. The minimum Gasteiger partial charge on any atom is -0.508 e. The van der Waals surface area contributed by atoms with E-state index in [1.54, 1.807) is 35.0 Å². The van der Waals surface area contributed by atoms with Crippen LogP contribution in [0.1, 0.15) is 34.8 Å². The van der Waals surface area contributed by atoms with E-state index in [1.165, 1.54) is 0 Å². The molecule has 1 aromatic carbocycles. The SMILES string of the molecule is Cn1cc(Cl)c(C(=O)N2CCC(c3cccc(O)c3)CC2)n1. The van der Waals surface area contributed by atoms with E-state index < -0.39 is 0 Å². The summed E-state index contributed by atoms with van der Waals surface area (Å²) in [6, 6.07) is 7.36. The Morgan fingerprint density at radius 3 is 2.68 bits per heavy atom. The van der Waals surface area contributed by atoms with E-state index in [0.29, 0.717) is 29.7 Å². The number of halogens is 1. The highest BCUT2D eigenvalue weighted by molar-refractivity contribution is 6.33. The smallest absolute Gasteiger partial charge is 0.275 e. The van der Waals surface area contributed by atoms with Crippen LogP contribution >= 0.6 is 11.6 Å². The first kappa shape index (κ1) is 14.9. The Hall–Kier alpha value is -2.01. The zero-order valence-corrected chi connectivity index (χ0v) is 13.1. The van der Waals surface area contributed by atoms with Crippen LogP contribution in [0.15, 0.2) is 30.5 Å². The molecule has 1 fully saturated rings. The monoisotopic (exact) mass is 319 g/mol. The summed E-state index contributed by atoms with van der Waals surface area (Å²) in [6.45, 7) is 1.35.